The maximum absolute atomic E-state index is 5.84. The van der Waals surface area contributed by atoms with E-state index in [2.05, 4.69) is 44.2 Å². The summed E-state index contributed by atoms with van der Waals surface area (Å²) in [5, 5.41) is 0. The van der Waals surface area contributed by atoms with E-state index in [1.807, 2.05) is 6.07 Å². The van der Waals surface area contributed by atoms with Gasteiger partial charge in [-0.2, -0.15) is 0 Å². The van der Waals surface area contributed by atoms with Crippen LogP contribution in [0.25, 0.3) is 0 Å². The van der Waals surface area contributed by atoms with E-state index < -0.39 is 0 Å². The summed E-state index contributed by atoms with van der Waals surface area (Å²) in [5.74, 6) is 0.966. The smallest absolute Gasteiger partial charge is 0.123 e. The van der Waals surface area contributed by atoms with Crippen LogP contribution in [-0.2, 0) is 11.2 Å². The van der Waals surface area contributed by atoms with Gasteiger partial charge in [0, 0.05) is 0 Å². The molecule has 2 nitrogen and oxygen atoms in total. The van der Waals surface area contributed by atoms with Gasteiger partial charge in [-0.3, -0.25) is 0 Å². The largest absolute Gasteiger partial charge is 0.490 e. The number of hydrogen-bond donors (Lipinski definition) is 0. The molecule has 0 radical (unpaired) electrons. The second-order valence-corrected chi connectivity index (χ2v) is 7.59. The SMILES string of the molecule is CCCCCCCC/C=C/CCCc1cccc(OCC2(C)CO2)c1. The minimum Gasteiger partial charge on any atom is -0.490 e. The molecular weight excluding hydrogens is 308 g/mol. The lowest BCUT2D eigenvalue weighted by molar-refractivity contribution is 0.202. The molecule has 1 atom stereocenters. The van der Waals surface area contributed by atoms with Gasteiger partial charge in [0.15, 0.2) is 0 Å². The molecular formula is C23H36O2. The third kappa shape index (κ3) is 9.11. The number of aryl methyl sites for hydroxylation is 1. The lowest BCUT2D eigenvalue weighted by Crippen LogP contribution is -2.16. The van der Waals surface area contributed by atoms with Gasteiger partial charge in [-0.15, -0.1) is 0 Å². The highest BCUT2D eigenvalue weighted by atomic mass is 16.6. The molecule has 0 spiro atoms. The van der Waals surface area contributed by atoms with Gasteiger partial charge in [-0.1, -0.05) is 63.3 Å². The summed E-state index contributed by atoms with van der Waals surface area (Å²) in [6, 6.07) is 8.50. The molecule has 140 valence electrons. The normalized spacial score (nSPS) is 19.4. The fourth-order valence-corrected chi connectivity index (χ4v) is 2.94. The maximum atomic E-state index is 5.84. The van der Waals surface area contributed by atoms with E-state index in [9.17, 15) is 0 Å². The fourth-order valence-electron chi connectivity index (χ4n) is 2.94. The molecule has 2 heteroatoms. The zero-order valence-corrected chi connectivity index (χ0v) is 16.3. The molecule has 0 aliphatic carbocycles. The molecule has 0 aromatic heterocycles. The number of hydrogen-bond acceptors (Lipinski definition) is 2. The predicted molar refractivity (Wildman–Crippen MR) is 106 cm³/mol. The molecule has 0 bridgehead atoms. The van der Waals surface area contributed by atoms with Crippen molar-refractivity contribution in [1.82, 2.24) is 0 Å². The topological polar surface area (TPSA) is 21.8 Å². The van der Waals surface area contributed by atoms with Crippen LogP contribution in [-0.4, -0.2) is 18.8 Å². The van der Waals surface area contributed by atoms with E-state index in [0.29, 0.717) is 6.61 Å². The Hall–Kier alpha value is -1.28. The summed E-state index contributed by atoms with van der Waals surface area (Å²) in [5.41, 5.74) is 1.32. The first-order valence-electron chi connectivity index (χ1n) is 10.2. The predicted octanol–water partition coefficient (Wildman–Crippen LogP) is 6.48. The Morgan fingerprint density at radius 2 is 1.76 bits per heavy atom. The van der Waals surface area contributed by atoms with Crippen molar-refractivity contribution in [3.8, 4) is 5.75 Å². The van der Waals surface area contributed by atoms with Crippen molar-refractivity contribution in [2.45, 2.75) is 83.7 Å². The van der Waals surface area contributed by atoms with Gasteiger partial charge >= 0.3 is 0 Å². The third-order valence-electron chi connectivity index (χ3n) is 4.81. The molecule has 1 saturated heterocycles. The molecule has 0 amide bonds. The molecule has 0 N–H and O–H groups in total. The van der Waals surface area contributed by atoms with Gasteiger partial charge in [0.1, 0.15) is 18.0 Å². The Balaban J connectivity index is 1.51. The molecule has 2 rings (SSSR count). The summed E-state index contributed by atoms with van der Waals surface area (Å²) in [7, 11) is 0. The quantitative estimate of drug-likeness (QED) is 0.219. The highest BCUT2D eigenvalue weighted by Gasteiger charge is 2.40. The average molecular weight is 345 g/mol. The van der Waals surface area contributed by atoms with Gasteiger partial charge in [0.2, 0.25) is 0 Å². The van der Waals surface area contributed by atoms with Crippen molar-refractivity contribution in [3.05, 3.63) is 42.0 Å². The molecule has 1 aliphatic rings. The molecule has 1 heterocycles. The number of epoxide rings is 1. The number of rotatable bonds is 14. The number of benzene rings is 1. The molecule has 1 aromatic rings. The number of allylic oxidation sites excluding steroid dienone is 2. The first-order valence-corrected chi connectivity index (χ1v) is 10.2. The number of unbranched alkanes of at least 4 members (excludes halogenated alkanes) is 7. The van der Waals surface area contributed by atoms with Crippen molar-refractivity contribution in [1.29, 1.82) is 0 Å². The van der Waals surface area contributed by atoms with Crippen LogP contribution in [0.1, 0.15) is 77.2 Å². The van der Waals surface area contributed by atoms with Crippen molar-refractivity contribution < 1.29 is 9.47 Å². The Labute approximate surface area is 154 Å². The Kier molecular flexibility index (Phi) is 9.10. The third-order valence-corrected chi connectivity index (χ3v) is 4.81. The molecule has 1 aromatic carbocycles. The van der Waals surface area contributed by atoms with E-state index in [1.54, 1.807) is 0 Å². The van der Waals surface area contributed by atoms with Crippen LogP contribution < -0.4 is 4.74 Å². The summed E-state index contributed by atoms with van der Waals surface area (Å²) >= 11 is 0. The second kappa shape index (κ2) is 11.4. The zero-order valence-electron chi connectivity index (χ0n) is 16.3. The van der Waals surface area contributed by atoms with Crippen LogP contribution in [0.4, 0.5) is 0 Å². The minimum absolute atomic E-state index is 0.0448. The summed E-state index contributed by atoms with van der Waals surface area (Å²) < 4.78 is 11.2. The van der Waals surface area contributed by atoms with Gasteiger partial charge < -0.3 is 9.47 Å². The van der Waals surface area contributed by atoms with Gasteiger partial charge in [0.05, 0.1) is 6.61 Å². The van der Waals surface area contributed by atoms with Crippen molar-refractivity contribution in [2.75, 3.05) is 13.2 Å². The van der Waals surface area contributed by atoms with E-state index in [1.165, 1.54) is 63.4 Å². The first-order chi connectivity index (χ1) is 12.2. The van der Waals surface area contributed by atoms with Crippen LogP contribution in [0.15, 0.2) is 36.4 Å². The molecule has 1 unspecified atom stereocenters. The average Bonchev–Trinajstić information content (AvgIpc) is 3.36. The first kappa shape index (κ1) is 20.0. The van der Waals surface area contributed by atoms with Gasteiger partial charge in [0.25, 0.3) is 0 Å². The maximum Gasteiger partial charge on any atom is 0.123 e. The van der Waals surface area contributed by atoms with E-state index in [-0.39, 0.29) is 5.60 Å². The van der Waals surface area contributed by atoms with E-state index >= 15 is 0 Å². The highest BCUT2D eigenvalue weighted by Crippen LogP contribution is 2.27. The summed E-state index contributed by atoms with van der Waals surface area (Å²) in [6.07, 6.45) is 17.8. The van der Waals surface area contributed by atoms with Crippen molar-refractivity contribution in [3.63, 3.8) is 0 Å². The van der Waals surface area contributed by atoms with E-state index in [4.69, 9.17) is 9.47 Å². The lowest BCUT2D eigenvalue weighted by atomic mass is 10.1. The van der Waals surface area contributed by atoms with Crippen LogP contribution in [0.3, 0.4) is 0 Å². The number of ether oxygens (including phenoxy) is 2. The van der Waals surface area contributed by atoms with Crippen LogP contribution in [0.2, 0.25) is 0 Å². The molecule has 25 heavy (non-hydrogen) atoms. The second-order valence-electron chi connectivity index (χ2n) is 7.59. The Bertz CT molecular complexity index is 503. The fraction of sp³-hybridized carbons (Fsp3) is 0.652. The van der Waals surface area contributed by atoms with E-state index in [0.717, 1.165) is 18.8 Å². The monoisotopic (exact) mass is 344 g/mol. The van der Waals surface area contributed by atoms with Crippen LogP contribution in [0, 0.1) is 0 Å². The molecule has 1 fully saturated rings. The van der Waals surface area contributed by atoms with Crippen molar-refractivity contribution in [2.24, 2.45) is 0 Å². The minimum atomic E-state index is -0.0448. The van der Waals surface area contributed by atoms with Crippen LogP contribution >= 0.6 is 0 Å². The molecule has 1 aliphatic heterocycles. The Morgan fingerprint density at radius 3 is 2.52 bits per heavy atom. The lowest BCUT2D eigenvalue weighted by Gasteiger charge is -2.10. The molecule has 0 saturated carbocycles. The van der Waals surface area contributed by atoms with Gasteiger partial charge in [-0.05, 0) is 56.7 Å². The standard InChI is InChI=1S/C23H36O2/c1-3-4-5-6-7-8-9-10-11-12-13-15-21-16-14-17-22(18-21)24-19-23(2)20-25-23/h10-11,14,16-18H,3-9,12-13,15,19-20H2,1-2H3/b11-10+. The summed E-state index contributed by atoms with van der Waals surface area (Å²) in [6.45, 7) is 5.83. The Morgan fingerprint density at radius 1 is 1.04 bits per heavy atom. The highest BCUT2D eigenvalue weighted by molar-refractivity contribution is 5.28. The van der Waals surface area contributed by atoms with Gasteiger partial charge in [-0.25, -0.2) is 0 Å². The van der Waals surface area contributed by atoms with Crippen molar-refractivity contribution >= 4 is 0 Å². The van der Waals surface area contributed by atoms with Crippen LogP contribution in [0.5, 0.6) is 5.75 Å². The zero-order chi connectivity index (χ0) is 17.8. The summed E-state index contributed by atoms with van der Waals surface area (Å²) in [4.78, 5) is 0.